The van der Waals surface area contributed by atoms with Crippen molar-refractivity contribution in [2.75, 3.05) is 0 Å². The quantitative estimate of drug-likeness (QED) is 0.418. The Morgan fingerprint density at radius 1 is 1.29 bits per heavy atom. The molecule has 1 rings (SSSR count). The molecule has 0 aliphatic heterocycles. The molecule has 2 N–H and O–H groups in total. The van der Waals surface area contributed by atoms with E-state index in [0.717, 1.165) is 25.7 Å². The van der Waals surface area contributed by atoms with Crippen LogP contribution >= 0.6 is 0 Å². The van der Waals surface area contributed by atoms with Gasteiger partial charge in [0.05, 0.1) is 5.60 Å². The fourth-order valence-corrected chi connectivity index (χ4v) is 1.87. The molecule has 0 amide bonds. The highest BCUT2D eigenvalue weighted by molar-refractivity contribution is 5.08. The number of allylic oxidation sites excluding steroid dienone is 1. The Bertz CT molecular complexity index is 203. The van der Waals surface area contributed by atoms with Crippen molar-refractivity contribution in [1.82, 2.24) is 0 Å². The molecule has 0 atom stereocenters. The summed E-state index contributed by atoms with van der Waals surface area (Å²) in [5.74, 6) is 0.570. The van der Waals surface area contributed by atoms with E-state index in [1.54, 1.807) is 6.08 Å². The molecule has 3 nitrogen and oxygen atoms in total. The molecule has 0 radical (unpaired) electrons. The second kappa shape index (κ2) is 4.80. The van der Waals surface area contributed by atoms with E-state index in [2.05, 4.69) is 4.89 Å². The molecule has 1 aliphatic rings. The maximum atomic E-state index is 10.2. The highest BCUT2D eigenvalue weighted by Gasteiger charge is 2.28. The Balaban J connectivity index is 2.70. The molecule has 82 valence electrons. The molecule has 0 aromatic rings. The molecule has 0 spiro atoms. The lowest BCUT2D eigenvalue weighted by atomic mass is 9.84. The summed E-state index contributed by atoms with van der Waals surface area (Å²) in [5.41, 5.74) is -0.763. The third-order valence-corrected chi connectivity index (χ3v) is 2.80. The van der Waals surface area contributed by atoms with Gasteiger partial charge in [0.25, 0.3) is 0 Å². The van der Waals surface area contributed by atoms with Crippen LogP contribution in [-0.4, -0.2) is 16.0 Å². The minimum atomic E-state index is -0.763. The lowest BCUT2D eigenvalue weighted by Crippen LogP contribution is -2.29. The number of rotatable bonds is 3. The zero-order valence-electron chi connectivity index (χ0n) is 8.99. The molecule has 1 fully saturated rings. The fourth-order valence-electron chi connectivity index (χ4n) is 1.87. The van der Waals surface area contributed by atoms with Gasteiger partial charge in [-0.15, -0.1) is 0 Å². The van der Waals surface area contributed by atoms with Gasteiger partial charge in [-0.05, 0) is 18.9 Å². The lowest BCUT2D eigenvalue weighted by Gasteiger charge is -2.29. The molecule has 0 bridgehead atoms. The topological polar surface area (TPSA) is 49.7 Å². The van der Waals surface area contributed by atoms with E-state index in [9.17, 15) is 5.11 Å². The standard InChI is InChI=1S/C11H20O3/c1-9(2)10(14-13)8-11(12)6-4-3-5-7-11/h8-9,12-13H,3-7H2,1-2H3/b10-8-. The zero-order valence-corrected chi connectivity index (χ0v) is 8.99. The summed E-state index contributed by atoms with van der Waals surface area (Å²) in [5, 5.41) is 18.8. The first-order chi connectivity index (χ1) is 6.57. The molecule has 0 heterocycles. The van der Waals surface area contributed by atoms with Gasteiger partial charge in [0, 0.05) is 5.92 Å². The number of hydrogen-bond donors (Lipinski definition) is 2. The van der Waals surface area contributed by atoms with Crippen molar-refractivity contribution in [1.29, 1.82) is 0 Å². The molecule has 0 aromatic carbocycles. The predicted molar refractivity (Wildman–Crippen MR) is 54.7 cm³/mol. The van der Waals surface area contributed by atoms with Crippen molar-refractivity contribution >= 4 is 0 Å². The second-order valence-corrected chi connectivity index (χ2v) is 4.46. The minimum Gasteiger partial charge on any atom is -0.386 e. The Morgan fingerprint density at radius 2 is 1.86 bits per heavy atom. The van der Waals surface area contributed by atoms with Gasteiger partial charge in [-0.2, -0.15) is 0 Å². The van der Waals surface area contributed by atoms with E-state index < -0.39 is 5.60 Å². The van der Waals surface area contributed by atoms with E-state index >= 15 is 0 Å². The van der Waals surface area contributed by atoms with Crippen LogP contribution < -0.4 is 0 Å². The van der Waals surface area contributed by atoms with E-state index in [0.29, 0.717) is 5.76 Å². The van der Waals surface area contributed by atoms with Gasteiger partial charge in [0.15, 0.2) is 0 Å². The largest absolute Gasteiger partial charge is 0.386 e. The maximum absolute atomic E-state index is 10.2. The number of hydrogen-bond acceptors (Lipinski definition) is 3. The molecule has 14 heavy (non-hydrogen) atoms. The SMILES string of the molecule is CC(C)/C(=C/C1(O)CCCCC1)OO. The molecule has 1 saturated carbocycles. The van der Waals surface area contributed by atoms with Gasteiger partial charge in [-0.25, -0.2) is 5.26 Å². The summed E-state index contributed by atoms with van der Waals surface area (Å²) >= 11 is 0. The van der Waals surface area contributed by atoms with Crippen LogP contribution in [0.5, 0.6) is 0 Å². The fraction of sp³-hybridized carbons (Fsp3) is 0.818. The lowest BCUT2D eigenvalue weighted by molar-refractivity contribution is -0.211. The van der Waals surface area contributed by atoms with E-state index in [1.165, 1.54) is 6.42 Å². The minimum absolute atomic E-state index is 0.103. The predicted octanol–water partition coefficient (Wildman–Crippen LogP) is 2.71. The Hall–Kier alpha value is -0.540. The van der Waals surface area contributed by atoms with Crippen molar-refractivity contribution in [2.24, 2.45) is 5.92 Å². The van der Waals surface area contributed by atoms with Gasteiger partial charge in [-0.1, -0.05) is 33.1 Å². The van der Waals surface area contributed by atoms with E-state index in [4.69, 9.17) is 5.26 Å². The zero-order chi connectivity index (χ0) is 10.6. The molecule has 0 aromatic heterocycles. The van der Waals surface area contributed by atoms with Gasteiger partial charge < -0.3 is 9.99 Å². The monoisotopic (exact) mass is 200 g/mol. The highest BCUT2D eigenvalue weighted by Crippen LogP contribution is 2.31. The normalized spacial score (nSPS) is 22.5. The van der Waals surface area contributed by atoms with Gasteiger partial charge in [0.1, 0.15) is 5.76 Å². The van der Waals surface area contributed by atoms with Crippen molar-refractivity contribution in [3.8, 4) is 0 Å². The second-order valence-electron chi connectivity index (χ2n) is 4.46. The first-order valence-corrected chi connectivity index (χ1v) is 5.34. The maximum Gasteiger partial charge on any atom is 0.143 e. The Morgan fingerprint density at radius 3 is 2.29 bits per heavy atom. The van der Waals surface area contributed by atoms with Crippen LogP contribution in [0.25, 0.3) is 0 Å². The molecule has 0 saturated heterocycles. The van der Waals surface area contributed by atoms with E-state index in [-0.39, 0.29) is 5.92 Å². The third-order valence-electron chi connectivity index (χ3n) is 2.80. The summed E-state index contributed by atoms with van der Waals surface area (Å²) in [6, 6.07) is 0. The van der Waals surface area contributed by atoms with Gasteiger partial charge in [-0.3, -0.25) is 0 Å². The summed E-state index contributed by atoms with van der Waals surface area (Å²) in [7, 11) is 0. The molecular weight excluding hydrogens is 180 g/mol. The van der Waals surface area contributed by atoms with Crippen molar-refractivity contribution in [2.45, 2.75) is 51.6 Å². The molecule has 3 heteroatoms. The first-order valence-electron chi connectivity index (χ1n) is 5.34. The van der Waals surface area contributed by atoms with Crippen molar-refractivity contribution in [3.63, 3.8) is 0 Å². The first kappa shape index (κ1) is 11.5. The van der Waals surface area contributed by atoms with Gasteiger partial charge in [0.2, 0.25) is 0 Å². The summed E-state index contributed by atoms with van der Waals surface area (Å²) in [6.45, 7) is 3.85. The van der Waals surface area contributed by atoms with Crippen LogP contribution in [-0.2, 0) is 4.89 Å². The van der Waals surface area contributed by atoms with Crippen LogP contribution in [0.15, 0.2) is 11.8 Å². The van der Waals surface area contributed by atoms with Crippen LogP contribution in [0, 0.1) is 5.92 Å². The van der Waals surface area contributed by atoms with Crippen molar-refractivity contribution < 1.29 is 15.3 Å². The highest BCUT2D eigenvalue weighted by atomic mass is 17.1. The third kappa shape index (κ3) is 3.00. The summed E-state index contributed by atoms with van der Waals surface area (Å²) < 4.78 is 0. The average Bonchev–Trinajstić information content (AvgIpc) is 2.15. The molecule has 1 aliphatic carbocycles. The van der Waals surface area contributed by atoms with Gasteiger partial charge >= 0.3 is 0 Å². The van der Waals surface area contributed by atoms with Crippen LogP contribution in [0.2, 0.25) is 0 Å². The summed E-state index contributed by atoms with van der Waals surface area (Å²) in [4.78, 5) is 4.28. The van der Waals surface area contributed by atoms with Crippen LogP contribution in [0.1, 0.15) is 46.0 Å². The number of aliphatic hydroxyl groups is 1. The average molecular weight is 200 g/mol. The Kier molecular flexibility index (Phi) is 3.96. The van der Waals surface area contributed by atoms with E-state index in [1.807, 2.05) is 13.8 Å². The smallest absolute Gasteiger partial charge is 0.143 e. The molecule has 0 unspecified atom stereocenters. The van der Waals surface area contributed by atoms with Crippen molar-refractivity contribution in [3.05, 3.63) is 11.8 Å². The summed E-state index contributed by atoms with van der Waals surface area (Å²) in [6.07, 6.45) is 6.50. The van der Waals surface area contributed by atoms with Crippen LogP contribution in [0.4, 0.5) is 0 Å². The van der Waals surface area contributed by atoms with Crippen LogP contribution in [0.3, 0.4) is 0 Å². The Labute approximate surface area is 85.3 Å². The molecular formula is C11H20O3.